The third-order valence-electron chi connectivity index (χ3n) is 13.8. The summed E-state index contributed by atoms with van der Waals surface area (Å²) in [6.45, 7) is 35.4. The number of fused-ring (bicyclic) bond motifs is 3. The van der Waals surface area contributed by atoms with Gasteiger partial charge in [0.2, 0.25) is 0 Å². The van der Waals surface area contributed by atoms with Crippen molar-refractivity contribution >= 4 is 95.0 Å². The first-order chi connectivity index (χ1) is 41.4. The second-order valence-electron chi connectivity index (χ2n) is 28.3. The van der Waals surface area contributed by atoms with Gasteiger partial charge in [-0.25, -0.2) is 38.7 Å². The van der Waals surface area contributed by atoms with Crippen LogP contribution >= 0.6 is 22.7 Å². The third-order valence-corrected chi connectivity index (χ3v) is 15.6. The van der Waals surface area contributed by atoms with Crippen LogP contribution in [-0.4, -0.2) is 155 Å². The summed E-state index contributed by atoms with van der Waals surface area (Å²) in [5, 5.41) is 7.86. The molecular formula is C64H88N8O16S2. The zero-order valence-electron chi connectivity index (χ0n) is 55.3. The number of β-lactam (4-membered cyclic amide) rings is 3. The van der Waals surface area contributed by atoms with E-state index in [4.69, 9.17) is 28.4 Å². The number of aldehydes is 1. The van der Waals surface area contributed by atoms with Crippen LogP contribution in [0.25, 0.3) is 12.2 Å². The Hall–Kier alpha value is -7.74. The molecule has 3 fully saturated rings. The van der Waals surface area contributed by atoms with E-state index in [0.717, 1.165) is 32.3 Å². The Morgan fingerprint density at radius 3 is 0.922 bits per heavy atom. The zero-order valence-corrected chi connectivity index (χ0v) is 57.0. The Kier molecular flexibility index (Phi) is 21.7. The fraction of sp³-hybridized carbons (Fsp3) is 0.594. The van der Waals surface area contributed by atoms with Crippen LogP contribution in [0.5, 0.6) is 0 Å². The van der Waals surface area contributed by atoms with E-state index in [9.17, 15) is 47.9 Å². The summed E-state index contributed by atoms with van der Waals surface area (Å²) in [7, 11) is 0. The number of aromatic nitrogens is 2. The number of aryl methyl sites for hydroxylation is 2. The predicted molar refractivity (Wildman–Crippen MR) is 336 cm³/mol. The number of alkyl carbamates (subject to hydrolysis) is 3. The molecule has 0 radical (unpaired) electrons. The number of ether oxygens (including phenoxy) is 6. The Bertz CT molecular complexity index is 3150. The van der Waals surface area contributed by atoms with E-state index in [1.165, 1.54) is 37.4 Å². The minimum atomic E-state index is -0.782. The third kappa shape index (κ3) is 18.5. The Balaban J connectivity index is 0.000000216. The molecule has 8 rings (SSSR count). The van der Waals surface area contributed by atoms with Crippen LogP contribution in [0.4, 0.5) is 14.4 Å². The maximum Gasteiger partial charge on any atom is 0.408 e. The van der Waals surface area contributed by atoms with Gasteiger partial charge >= 0.3 is 36.2 Å². The lowest BCUT2D eigenvalue weighted by Crippen LogP contribution is -2.72. The maximum absolute atomic E-state index is 13.1. The number of nitrogens with zero attached hydrogens (tertiary/aromatic N) is 5. The number of carbonyl (C=O) groups excluding carboxylic acids is 10. The molecule has 2 aromatic rings. The zero-order chi connectivity index (χ0) is 67.6. The number of thiazole rings is 2. The number of hydrogen-bond donors (Lipinski definition) is 3. The smallest absolute Gasteiger partial charge is 0.408 e. The van der Waals surface area contributed by atoms with Gasteiger partial charge < -0.3 is 44.4 Å². The predicted octanol–water partition coefficient (Wildman–Crippen LogP) is 9.60. The van der Waals surface area contributed by atoms with Gasteiger partial charge in [0, 0.05) is 15.3 Å². The summed E-state index contributed by atoms with van der Waals surface area (Å²) in [5.74, 6) is -2.96. The summed E-state index contributed by atoms with van der Waals surface area (Å²) in [5.41, 5.74) is 3.28. The monoisotopic (exact) mass is 1290 g/mol. The van der Waals surface area contributed by atoms with Crippen LogP contribution in [0.1, 0.15) is 184 Å². The molecule has 492 valence electrons. The number of nitrogens with one attached hydrogen (secondary N) is 3. The minimum Gasteiger partial charge on any atom is -0.455 e. The lowest BCUT2D eigenvalue weighted by molar-refractivity contribution is -0.162. The molecule has 8 heterocycles. The van der Waals surface area contributed by atoms with Crippen LogP contribution in [0.2, 0.25) is 0 Å². The average molecular weight is 1290 g/mol. The lowest BCUT2D eigenvalue weighted by atomic mass is 9.83. The molecule has 24 nitrogen and oxygen atoms in total. The SMILES string of the molecule is CC(C)(C)OC(=O)N[C@@H]1C(=O)N2C(C(=O)OC(C)(C)C)=C(C=O)CC[C@H]12.Cc1ncsc1/C=C/C1=C(C(=O)OC(C)(C)C)N2C(=O)[C@@H](NC(=O)OC(C)(C)C)[C@H]2CC1.Cc1ncsc1/C=C\C1=C(C(=O)OC(C)(C)C)N2C(=O)[C@@H](NC(=O)OC(C)(C)C)[C@H]2CC1. The van der Waals surface area contributed by atoms with Crippen molar-refractivity contribution in [3.05, 3.63) is 78.1 Å². The van der Waals surface area contributed by atoms with Gasteiger partial charge in [0.25, 0.3) is 17.7 Å². The molecule has 2 aromatic heterocycles. The van der Waals surface area contributed by atoms with Crippen LogP contribution in [0.15, 0.2) is 57.0 Å². The standard InChI is InChI=1S/2C23H31N3O5S.C18H26N2O6/c2*1-13-16(32-12-24-13)11-9-14-8-10-15-17(25-21(29)31-23(5,6)7)19(27)26(15)18(14)20(28)30-22(2,3)4;1-17(2,3)25-15(23)13-10(9-21)7-8-11-12(14(22)20(11)13)19-16(24)26-18(4,5)6/h2*9,11-12,15,17H,8,10H2,1-7H3,(H,25,29);9,11-12H,7-8H2,1-6H3,(H,19,24)/b11-9+;11-9-;/t2*15-,17+;11-,12+/m111/s1. The first kappa shape index (κ1) is 71.3. The highest BCUT2D eigenvalue weighted by Crippen LogP contribution is 2.42. The van der Waals surface area contributed by atoms with Gasteiger partial charge in [-0.1, -0.05) is 12.2 Å². The van der Waals surface area contributed by atoms with E-state index in [2.05, 4.69) is 25.9 Å². The van der Waals surface area contributed by atoms with Gasteiger partial charge in [0.15, 0.2) is 0 Å². The number of amides is 6. The van der Waals surface area contributed by atoms with E-state index < -0.39 is 99.9 Å². The van der Waals surface area contributed by atoms with E-state index in [0.29, 0.717) is 44.8 Å². The second-order valence-corrected chi connectivity index (χ2v) is 30.1. The van der Waals surface area contributed by atoms with Crippen molar-refractivity contribution in [2.45, 2.75) is 247 Å². The van der Waals surface area contributed by atoms with Gasteiger partial charge in [-0.3, -0.25) is 33.9 Å². The number of hydrogen-bond acceptors (Lipinski definition) is 20. The fourth-order valence-electron chi connectivity index (χ4n) is 10.3. The van der Waals surface area contributed by atoms with Gasteiger partial charge in [0.1, 0.15) is 75.1 Å². The maximum atomic E-state index is 13.1. The molecule has 0 spiro atoms. The number of esters is 3. The van der Waals surface area contributed by atoms with Gasteiger partial charge in [-0.2, -0.15) is 0 Å². The molecular weight excluding hydrogens is 1200 g/mol. The van der Waals surface area contributed by atoms with Crippen LogP contribution in [0.3, 0.4) is 0 Å². The molecule has 3 saturated heterocycles. The number of carbonyl (C=O) groups is 10. The molecule has 6 aliphatic rings. The molecule has 0 saturated carbocycles. The average Bonchev–Trinajstić information content (AvgIpc) is 0.790. The lowest BCUT2D eigenvalue weighted by Gasteiger charge is -2.50. The Morgan fingerprint density at radius 1 is 0.433 bits per heavy atom. The summed E-state index contributed by atoms with van der Waals surface area (Å²) in [4.78, 5) is 139. The molecule has 6 aliphatic heterocycles. The molecule has 6 atom stereocenters. The van der Waals surface area contributed by atoms with Crippen molar-refractivity contribution in [3.63, 3.8) is 0 Å². The topological polar surface area (TPSA) is 298 Å². The quantitative estimate of drug-likeness (QED) is 0.0816. The van der Waals surface area contributed by atoms with Gasteiger partial charge in [-0.05, 0) is 200 Å². The summed E-state index contributed by atoms with van der Waals surface area (Å²) in [6.07, 6.45) is 9.29. The van der Waals surface area contributed by atoms with Crippen LogP contribution in [-0.2, 0) is 62.0 Å². The Labute approximate surface area is 534 Å². The van der Waals surface area contributed by atoms with E-state index in [1.807, 2.05) is 38.2 Å². The molecule has 0 bridgehead atoms. The van der Waals surface area contributed by atoms with E-state index in [-0.39, 0.29) is 46.6 Å². The molecule has 0 aliphatic carbocycles. The molecule has 0 unspecified atom stereocenters. The fourth-order valence-corrected chi connectivity index (χ4v) is 11.6. The van der Waals surface area contributed by atoms with E-state index >= 15 is 0 Å². The number of allylic oxidation sites excluding steroid dienone is 5. The largest absolute Gasteiger partial charge is 0.455 e. The summed E-state index contributed by atoms with van der Waals surface area (Å²) in [6, 6.07) is -3.27. The number of rotatable bonds is 11. The molecule has 90 heavy (non-hydrogen) atoms. The summed E-state index contributed by atoms with van der Waals surface area (Å²) < 4.78 is 32.3. The van der Waals surface area contributed by atoms with Crippen molar-refractivity contribution < 1.29 is 76.4 Å². The van der Waals surface area contributed by atoms with Gasteiger partial charge in [0.05, 0.1) is 40.5 Å². The molecule has 6 amide bonds. The molecule has 26 heteroatoms. The normalized spacial score (nSPS) is 21.8. The highest BCUT2D eigenvalue weighted by Gasteiger charge is 2.57. The first-order valence-electron chi connectivity index (χ1n) is 29.9. The van der Waals surface area contributed by atoms with Crippen molar-refractivity contribution in [1.82, 2.24) is 40.6 Å². The summed E-state index contributed by atoms with van der Waals surface area (Å²) >= 11 is 3.01. The highest BCUT2D eigenvalue weighted by atomic mass is 32.1. The van der Waals surface area contributed by atoms with Crippen LogP contribution in [0, 0.1) is 13.8 Å². The second kappa shape index (κ2) is 27.4. The first-order valence-corrected chi connectivity index (χ1v) is 31.6. The van der Waals surface area contributed by atoms with Gasteiger partial charge in [-0.15, -0.1) is 22.7 Å². The molecule has 3 N–H and O–H groups in total. The van der Waals surface area contributed by atoms with E-state index in [1.54, 1.807) is 136 Å². The van der Waals surface area contributed by atoms with Crippen molar-refractivity contribution in [3.8, 4) is 0 Å². The van der Waals surface area contributed by atoms with Crippen molar-refractivity contribution in [2.75, 3.05) is 0 Å². The minimum absolute atomic E-state index is 0.0292. The highest BCUT2D eigenvalue weighted by molar-refractivity contribution is 7.11. The van der Waals surface area contributed by atoms with Crippen molar-refractivity contribution in [1.29, 1.82) is 0 Å². The van der Waals surface area contributed by atoms with Crippen LogP contribution < -0.4 is 16.0 Å². The molecule has 0 aromatic carbocycles. The Morgan fingerprint density at radius 2 is 0.689 bits per heavy atom. The van der Waals surface area contributed by atoms with Crippen molar-refractivity contribution in [2.24, 2.45) is 0 Å².